The third-order valence-electron chi connectivity index (χ3n) is 9.56. The van der Waals surface area contributed by atoms with E-state index in [1.165, 1.54) is 9.80 Å². The van der Waals surface area contributed by atoms with E-state index in [4.69, 9.17) is 0 Å². The molecule has 0 aliphatic carbocycles. The number of anilines is 2. The van der Waals surface area contributed by atoms with E-state index in [0.717, 1.165) is 11.1 Å². The molecule has 54 heavy (non-hydrogen) atoms. The van der Waals surface area contributed by atoms with E-state index in [0.29, 0.717) is 74.1 Å². The molecule has 6 rings (SSSR count). The Morgan fingerprint density at radius 3 is 1.28 bits per heavy atom. The van der Waals surface area contributed by atoms with E-state index in [2.05, 4.69) is 33.1 Å². The summed E-state index contributed by atoms with van der Waals surface area (Å²) in [6.07, 6.45) is 3.37. The maximum Gasteiger partial charge on any atom is 0.250 e. The number of carbonyl (C=O) groups excluding carboxylic acids is 6. The molecular formula is C42H40N6O6. The normalized spacial score (nSPS) is 17.3. The van der Waals surface area contributed by atoms with Crippen molar-refractivity contribution in [2.24, 2.45) is 0 Å². The minimum Gasteiger partial charge on any atom is -0.343 e. The van der Waals surface area contributed by atoms with Crippen molar-refractivity contribution >= 4 is 47.8 Å². The van der Waals surface area contributed by atoms with Crippen LogP contribution in [0.4, 0.5) is 11.4 Å². The molecule has 2 saturated heterocycles. The number of likely N-dealkylation sites (tertiary alicyclic amines) is 2. The van der Waals surface area contributed by atoms with E-state index in [-0.39, 0.29) is 23.6 Å². The number of rotatable bonds is 12. The largest absolute Gasteiger partial charge is 0.343 e. The maximum atomic E-state index is 13.4. The van der Waals surface area contributed by atoms with Crippen LogP contribution in [0.3, 0.4) is 0 Å². The molecule has 4 aromatic carbocycles. The number of hydrogen-bond donors (Lipinski definition) is 4. The Labute approximate surface area is 313 Å². The molecule has 2 aliphatic rings. The average molecular weight is 725 g/mol. The molecule has 0 saturated carbocycles. The van der Waals surface area contributed by atoms with Crippen LogP contribution in [0, 0.1) is 11.8 Å². The summed E-state index contributed by atoms with van der Waals surface area (Å²) in [7, 11) is 0. The molecule has 4 aromatic rings. The van der Waals surface area contributed by atoms with Gasteiger partial charge in [-0.3, -0.25) is 28.8 Å². The Morgan fingerprint density at radius 1 is 0.556 bits per heavy atom. The minimum atomic E-state index is -0.878. The van der Waals surface area contributed by atoms with Crippen molar-refractivity contribution in [1.82, 2.24) is 20.4 Å². The fraction of sp³-hybridized carbons (Fsp3) is 0.238. The van der Waals surface area contributed by atoms with Gasteiger partial charge in [0.25, 0.3) is 0 Å². The second-order valence-electron chi connectivity index (χ2n) is 13.0. The predicted molar refractivity (Wildman–Crippen MR) is 202 cm³/mol. The summed E-state index contributed by atoms with van der Waals surface area (Å²) >= 11 is 0. The van der Waals surface area contributed by atoms with Crippen molar-refractivity contribution in [1.29, 1.82) is 0 Å². The van der Waals surface area contributed by atoms with Crippen LogP contribution in [0.1, 0.15) is 60.0 Å². The van der Waals surface area contributed by atoms with Crippen molar-refractivity contribution < 1.29 is 28.8 Å². The zero-order valence-electron chi connectivity index (χ0n) is 29.4. The zero-order chi connectivity index (χ0) is 37.9. The van der Waals surface area contributed by atoms with Crippen molar-refractivity contribution in [2.75, 3.05) is 23.7 Å². The van der Waals surface area contributed by atoms with Crippen molar-refractivity contribution in [2.45, 2.75) is 49.9 Å². The van der Waals surface area contributed by atoms with Crippen LogP contribution in [-0.2, 0) is 28.8 Å². The Bertz CT molecular complexity index is 1880. The monoisotopic (exact) mass is 724 g/mol. The number of carbonyl (C=O) groups is 6. The third-order valence-corrected chi connectivity index (χ3v) is 9.56. The van der Waals surface area contributed by atoms with Gasteiger partial charge in [-0.2, -0.15) is 0 Å². The van der Waals surface area contributed by atoms with Gasteiger partial charge in [-0.25, -0.2) is 0 Å². The van der Waals surface area contributed by atoms with Crippen molar-refractivity contribution in [3.05, 3.63) is 131 Å². The highest BCUT2D eigenvalue weighted by molar-refractivity contribution is 5.99. The second kappa shape index (κ2) is 17.7. The maximum absolute atomic E-state index is 13.4. The van der Waals surface area contributed by atoms with Gasteiger partial charge in [0.2, 0.25) is 36.4 Å². The number of nitrogens with zero attached hydrogens (tertiary/aromatic N) is 2. The first-order valence-electron chi connectivity index (χ1n) is 17.8. The van der Waals surface area contributed by atoms with Crippen LogP contribution in [0.2, 0.25) is 0 Å². The van der Waals surface area contributed by atoms with Crippen LogP contribution in [0.25, 0.3) is 0 Å². The summed E-state index contributed by atoms with van der Waals surface area (Å²) in [6, 6.07) is 28.9. The molecule has 0 spiro atoms. The van der Waals surface area contributed by atoms with Gasteiger partial charge in [0.15, 0.2) is 0 Å². The highest BCUT2D eigenvalue weighted by Gasteiger charge is 2.39. The lowest BCUT2D eigenvalue weighted by atomic mass is 10.1. The summed E-state index contributed by atoms with van der Waals surface area (Å²) in [5, 5.41) is 11.0. The molecule has 0 aromatic heterocycles. The van der Waals surface area contributed by atoms with Crippen LogP contribution in [0.5, 0.6) is 0 Å². The van der Waals surface area contributed by atoms with E-state index < -0.39 is 24.2 Å². The molecule has 2 heterocycles. The van der Waals surface area contributed by atoms with Gasteiger partial charge in [-0.1, -0.05) is 72.5 Å². The first-order chi connectivity index (χ1) is 26.4. The van der Waals surface area contributed by atoms with Crippen LogP contribution in [-0.4, -0.2) is 71.4 Å². The van der Waals surface area contributed by atoms with Gasteiger partial charge in [0.1, 0.15) is 24.2 Å². The Hall–Kier alpha value is -6.74. The summed E-state index contributed by atoms with van der Waals surface area (Å²) < 4.78 is 0. The summed E-state index contributed by atoms with van der Waals surface area (Å²) in [4.78, 5) is 79.1. The topological polar surface area (TPSA) is 157 Å². The molecule has 274 valence electrons. The van der Waals surface area contributed by atoms with Crippen molar-refractivity contribution in [3.8, 4) is 11.8 Å². The quantitative estimate of drug-likeness (QED) is 0.128. The lowest BCUT2D eigenvalue weighted by Gasteiger charge is -2.28. The zero-order valence-corrected chi connectivity index (χ0v) is 29.4. The first kappa shape index (κ1) is 37.0. The molecule has 0 bridgehead atoms. The molecular weight excluding hydrogens is 684 g/mol. The molecule has 6 amide bonds. The average Bonchev–Trinajstić information content (AvgIpc) is 3.91. The van der Waals surface area contributed by atoms with E-state index in [1.54, 1.807) is 97.1 Å². The van der Waals surface area contributed by atoms with Gasteiger partial charge in [0.05, 0.1) is 0 Å². The van der Waals surface area contributed by atoms with E-state index in [9.17, 15) is 28.8 Å². The molecule has 12 nitrogen and oxygen atoms in total. The Balaban J connectivity index is 1.03. The number of hydrogen-bond acceptors (Lipinski definition) is 6. The fourth-order valence-electron chi connectivity index (χ4n) is 6.85. The SMILES string of the molecule is O=CN[C@@H](C(=O)N1CCC[C@H]1C(=O)Nc1ccc(C#Cc2ccc(NC(=O)[C@@H]3CCCN3C(=O)[C@H](NC=O)c3ccccc3)cc2)cc1)c1ccccc1. The minimum absolute atomic E-state index is 0.302. The first-order valence-corrected chi connectivity index (χ1v) is 17.8. The van der Waals surface area contributed by atoms with Crippen molar-refractivity contribution in [3.63, 3.8) is 0 Å². The number of benzene rings is 4. The van der Waals surface area contributed by atoms with Gasteiger partial charge in [-0.15, -0.1) is 0 Å². The molecule has 12 heteroatoms. The van der Waals surface area contributed by atoms with Gasteiger partial charge in [-0.05, 0) is 85.3 Å². The number of amides is 6. The Morgan fingerprint density at radius 2 is 0.926 bits per heavy atom. The molecule has 2 fully saturated rings. The van der Waals surface area contributed by atoms with Gasteiger partial charge >= 0.3 is 0 Å². The van der Waals surface area contributed by atoms with Crippen LogP contribution in [0.15, 0.2) is 109 Å². The lowest BCUT2D eigenvalue weighted by molar-refractivity contribution is -0.139. The van der Waals surface area contributed by atoms with E-state index in [1.807, 2.05) is 12.1 Å². The standard InChI is InChI=1S/C42H40N6O6/c49-27-43-37(31-9-3-1-4-10-31)41(53)47-25-7-13-35(47)39(51)45-33-21-17-29(18-22-33)15-16-30-19-23-34(24-20-30)46-40(52)36-14-8-26-48(36)42(54)38(44-28-50)32-11-5-2-6-12-32/h1-6,9-12,17-24,27-28,35-38H,7-8,13-14,25-26H2,(H,43,49)(H,44,50)(H,45,51)(H,46,52)/t35-,36-,37+,38+/m0/s1. The molecule has 4 atom stereocenters. The van der Waals surface area contributed by atoms with Gasteiger partial charge < -0.3 is 31.1 Å². The Kier molecular flexibility index (Phi) is 12.1. The summed E-state index contributed by atoms with van der Waals surface area (Å²) in [6.45, 7) is 0.833. The molecule has 0 unspecified atom stereocenters. The predicted octanol–water partition coefficient (Wildman–Crippen LogP) is 3.92. The lowest BCUT2D eigenvalue weighted by Crippen LogP contribution is -2.47. The molecule has 0 radical (unpaired) electrons. The summed E-state index contributed by atoms with van der Waals surface area (Å²) in [5.41, 5.74) is 3.85. The van der Waals surface area contributed by atoms with Gasteiger partial charge in [0, 0.05) is 35.6 Å². The smallest absolute Gasteiger partial charge is 0.250 e. The number of nitrogens with one attached hydrogen (secondary N) is 4. The summed E-state index contributed by atoms with van der Waals surface area (Å²) in [5.74, 6) is 4.94. The van der Waals surface area contributed by atoms with Crippen LogP contribution < -0.4 is 21.3 Å². The molecule has 4 N–H and O–H groups in total. The highest BCUT2D eigenvalue weighted by atomic mass is 16.2. The third kappa shape index (κ3) is 8.82. The molecule has 2 aliphatic heterocycles. The highest BCUT2D eigenvalue weighted by Crippen LogP contribution is 2.26. The second-order valence-corrected chi connectivity index (χ2v) is 13.0. The van der Waals surface area contributed by atoms with Crippen LogP contribution >= 0.6 is 0 Å². The fourth-order valence-corrected chi connectivity index (χ4v) is 6.85. The van der Waals surface area contributed by atoms with E-state index >= 15 is 0 Å².